The van der Waals surface area contributed by atoms with Gasteiger partial charge in [-0.2, -0.15) is 0 Å². The van der Waals surface area contributed by atoms with Crippen molar-refractivity contribution in [2.45, 2.75) is 6.50 Å². The Kier molecular flexibility index (Phi) is 4.65. The average molecular weight is 392 g/mol. The molecule has 5 nitrogen and oxygen atoms in total. The van der Waals surface area contributed by atoms with E-state index in [-0.39, 0.29) is 27.7 Å². The number of hydrogen-bond acceptors (Lipinski definition) is 4. The van der Waals surface area contributed by atoms with Gasteiger partial charge >= 0.3 is 0 Å². The molecule has 116 valence electrons. The van der Waals surface area contributed by atoms with E-state index in [9.17, 15) is 14.5 Å². The summed E-state index contributed by atoms with van der Waals surface area (Å²) in [5.74, 6) is -0.0333. The highest BCUT2D eigenvalue weighted by Gasteiger charge is 2.15. The Morgan fingerprint density at radius 3 is 2.91 bits per heavy atom. The molecule has 0 atom stereocenters. The summed E-state index contributed by atoms with van der Waals surface area (Å²) in [5, 5.41) is 13.7. The molecular weight excluding hydrogens is 379 g/mol. The van der Waals surface area contributed by atoms with Gasteiger partial charge in [-0.3, -0.25) is 10.1 Å². The second-order valence-electron chi connectivity index (χ2n) is 4.03. The van der Waals surface area contributed by atoms with E-state index in [1.165, 1.54) is 24.3 Å². The molecule has 2 aromatic rings. The Balaban J connectivity index is 2.50. The highest BCUT2D eigenvalue weighted by molar-refractivity contribution is 9.10. The molecule has 0 saturated carbocycles. The molecule has 0 fully saturated rings. The molecule has 1 N–H and O–H groups in total. The normalized spacial score (nSPS) is 12.3. The van der Waals surface area contributed by atoms with Crippen molar-refractivity contribution in [2.75, 3.05) is 12.2 Å². The fourth-order valence-electron chi connectivity index (χ4n) is 1.70. The minimum Gasteiger partial charge on any atom is -0.463 e. The second kappa shape index (κ2) is 7.42. The maximum atomic E-state index is 12.5. The number of halogens is 3. The Morgan fingerprint density at radius 2 is 2.23 bits per heavy atom. The quantitative estimate of drug-likeness (QED) is 0.560. The van der Waals surface area contributed by atoms with E-state index in [0.29, 0.717) is 4.47 Å². The second-order valence-corrected chi connectivity index (χ2v) is 5.33. The number of anilines is 1. The van der Waals surface area contributed by atoms with Gasteiger partial charge in [0.15, 0.2) is 0 Å². The Morgan fingerprint density at radius 1 is 1.45 bits per heavy atom. The first kappa shape index (κ1) is 13.8. The van der Waals surface area contributed by atoms with Crippen LogP contribution in [0.25, 0.3) is 0 Å². The number of nitrogens with one attached hydrogen (secondary N) is 1. The van der Waals surface area contributed by atoms with Gasteiger partial charge in [-0.15, -0.1) is 0 Å². The van der Waals surface area contributed by atoms with E-state index in [1.807, 2.05) is 0 Å². The highest BCUT2D eigenvalue weighted by atomic mass is 79.9. The third kappa shape index (κ3) is 3.86. The number of nitro benzene ring substituents is 1. The van der Waals surface area contributed by atoms with E-state index in [1.54, 1.807) is 12.1 Å². The van der Waals surface area contributed by atoms with Crippen molar-refractivity contribution in [3.8, 4) is 5.75 Å². The first-order chi connectivity index (χ1) is 11.3. The van der Waals surface area contributed by atoms with E-state index < -0.39 is 18.3 Å². The lowest BCUT2D eigenvalue weighted by atomic mass is 10.2. The molecule has 0 radical (unpaired) electrons. The van der Waals surface area contributed by atoms with E-state index in [4.69, 9.17) is 19.1 Å². The fraction of sp³-hybridized carbons (Fsp3) is 0.143. The van der Waals surface area contributed by atoms with Crippen LogP contribution in [0.2, 0.25) is 5.02 Å². The van der Waals surface area contributed by atoms with Crippen molar-refractivity contribution >= 4 is 38.9 Å². The Labute approximate surface area is 142 Å². The largest absolute Gasteiger partial charge is 0.463 e. The number of nitro groups is 1. The molecule has 0 aromatic heterocycles. The van der Waals surface area contributed by atoms with Crippen LogP contribution in [-0.2, 0) is 6.50 Å². The van der Waals surface area contributed by atoms with Crippen LogP contribution < -0.4 is 10.1 Å². The van der Waals surface area contributed by atoms with E-state index in [2.05, 4.69) is 21.2 Å². The molecule has 0 unspecified atom stereocenters. The van der Waals surface area contributed by atoms with Gasteiger partial charge in [0.2, 0.25) is 6.86 Å². The van der Waals surface area contributed by atoms with Gasteiger partial charge < -0.3 is 10.1 Å². The minimum absolute atomic E-state index is 0.0306. The standard InChI is InChI=1S/C14H11BrClFN2O3/c15-11-2-1-3-14(22-8-17)10(11)7-18-12-6-9(16)4-5-13(12)19(20)21/h1-6,18H,7-8H2/i7D2. The van der Waals surface area contributed by atoms with E-state index >= 15 is 0 Å². The zero-order valence-corrected chi connectivity index (χ0v) is 13.3. The maximum absolute atomic E-state index is 12.5. The smallest absolute Gasteiger partial charge is 0.292 e. The lowest BCUT2D eigenvalue weighted by Gasteiger charge is -2.13. The number of hydrogen-bond donors (Lipinski definition) is 1. The lowest BCUT2D eigenvalue weighted by Crippen LogP contribution is -2.05. The van der Waals surface area contributed by atoms with Gasteiger partial charge in [0.25, 0.3) is 5.69 Å². The van der Waals surface area contributed by atoms with Crippen molar-refractivity contribution in [3.63, 3.8) is 0 Å². The van der Waals surface area contributed by atoms with Gasteiger partial charge in [0.1, 0.15) is 11.4 Å². The van der Waals surface area contributed by atoms with Crippen LogP contribution in [0.3, 0.4) is 0 Å². The summed E-state index contributed by atoms with van der Waals surface area (Å²) >= 11 is 9.03. The monoisotopic (exact) mass is 390 g/mol. The molecule has 0 aliphatic heterocycles. The summed E-state index contributed by atoms with van der Waals surface area (Å²) in [6.45, 7) is -3.45. The predicted octanol–water partition coefficient (Wildman–Crippen LogP) is 4.93. The third-order valence-corrected chi connectivity index (χ3v) is 3.56. The van der Waals surface area contributed by atoms with Crippen LogP contribution in [0.4, 0.5) is 15.8 Å². The topological polar surface area (TPSA) is 64.4 Å². The molecule has 0 bridgehead atoms. The number of rotatable bonds is 6. The number of ether oxygens (including phenoxy) is 1. The average Bonchev–Trinajstić information content (AvgIpc) is 2.46. The summed E-state index contributed by atoms with van der Waals surface area (Å²) in [5.41, 5.74) is -0.486. The molecule has 2 rings (SSSR count). The van der Waals surface area contributed by atoms with Crippen molar-refractivity contribution in [3.05, 3.63) is 61.6 Å². The molecule has 0 spiro atoms. The summed E-state index contributed by atoms with van der Waals surface area (Å²) in [6.07, 6.45) is 0. The summed E-state index contributed by atoms with van der Waals surface area (Å²) in [7, 11) is 0. The lowest BCUT2D eigenvalue weighted by molar-refractivity contribution is -0.384. The molecule has 2 aromatic carbocycles. The molecule has 22 heavy (non-hydrogen) atoms. The van der Waals surface area contributed by atoms with Gasteiger partial charge in [-0.25, -0.2) is 4.39 Å². The van der Waals surface area contributed by atoms with Crippen molar-refractivity contribution in [1.29, 1.82) is 0 Å². The van der Waals surface area contributed by atoms with Crippen molar-refractivity contribution < 1.29 is 16.8 Å². The van der Waals surface area contributed by atoms with Crippen LogP contribution in [0.1, 0.15) is 8.30 Å². The Hall–Kier alpha value is -1.86. The minimum atomic E-state index is -2.31. The predicted molar refractivity (Wildman–Crippen MR) is 86.2 cm³/mol. The zero-order valence-electron chi connectivity index (χ0n) is 13.0. The van der Waals surface area contributed by atoms with Crippen LogP contribution in [0.5, 0.6) is 5.75 Å². The highest BCUT2D eigenvalue weighted by Crippen LogP contribution is 2.31. The zero-order chi connectivity index (χ0) is 17.9. The summed E-state index contributed by atoms with van der Waals surface area (Å²) < 4.78 is 34.1. The number of nitrogens with zero attached hydrogens (tertiary/aromatic N) is 1. The maximum Gasteiger partial charge on any atom is 0.292 e. The third-order valence-electron chi connectivity index (χ3n) is 2.66. The molecule has 0 amide bonds. The molecular formula is C14H11BrClFN2O3. The first-order valence-corrected chi connectivity index (χ1v) is 7.13. The van der Waals surface area contributed by atoms with E-state index in [0.717, 1.165) is 0 Å². The molecule has 0 saturated heterocycles. The van der Waals surface area contributed by atoms with Crippen LogP contribution in [0.15, 0.2) is 40.9 Å². The van der Waals surface area contributed by atoms with Crippen molar-refractivity contribution in [1.82, 2.24) is 0 Å². The van der Waals surface area contributed by atoms with Gasteiger partial charge in [-0.05, 0) is 24.3 Å². The molecule has 0 heterocycles. The molecule has 0 aliphatic carbocycles. The van der Waals surface area contributed by atoms with Gasteiger partial charge in [-0.1, -0.05) is 33.6 Å². The molecule has 8 heteroatoms. The van der Waals surface area contributed by atoms with Crippen molar-refractivity contribution in [2.24, 2.45) is 0 Å². The van der Waals surface area contributed by atoms with Crippen LogP contribution in [0, 0.1) is 10.1 Å². The summed E-state index contributed by atoms with van der Waals surface area (Å²) in [4.78, 5) is 10.4. The number of alkyl halides is 1. The van der Waals surface area contributed by atoms with Gasteiger partial charge in [0.05, 0.1) is 7.66 Å². The van der Waals surface area contributed by atoms with Gasteiger partial charge in [0, 0.05) is 27.6 Å². The SMILES string of the molecule is [2H]C([2H])(Nc1cc(Cl)ccc1[N+](=O)[O-])c1c(Br)cccc1OCF. The first-order valence-electron chi connectivity index (χ1n) is 6.96. The fourth-order valence-corrected chi connectivity index (χ4v) is 2.32. The van der Waals surface area contributed by atoms with Crippen LogP contribution >= 0.6 is 27.5 Å². The Bertz CT molecular complexity index is 780. The summed E-state index contributed by atoms with van der Waals surface area (Å²) in [6, 6.07) is 8.23. The number of benzene rings is 2. The van der Waals surface area contributed by atoms with Crippen LogP contribution in [-0.4, -0.2) is 11.8 Å². The molecule has 0 aliphatic rings.